The first-order valence-electron chi connectivity index (χ1n) is 8.61. The second-order valence-electron chi connectivity index (χ2n) is 7.29. The molecular formula is C17H24BN3O4. The van der Waals surface area contributed by atoms with E-state index in [1.165, 1.54) is 4.68 Å². The Kier molecular flexibility index (Phi) is 4.59. The van der Waals surface area contributed by atoms with Gasteiger partial charge in [0.15, 0.2) is 5.65 Å². The minimum atomic E-state index is -0.515. The van der Waals surface area contributed by atoms with E-state index < -0.39 is 24.4 Å². The molecule has 8 heteroatoms. The Morgan fingerprint density at radius 3 is 2.56 bits per heavy atom. The summed E-state index contributed by atoms with van der Waals surface area (Å²) in [6, 6.07) is 1.88. The van der Waals surface area contributed by atoms with Crippen molar-refractivity contribution in [3.8, 4) is 0 Å². The second-order valence-corrected chi connectivity index (χ2v) is 7.29. The van der Waals surface area contributed by atoms with Crippen LogP contribution in [-0.2, 0) is 14.0 Å². The molecule has 3 rings (SSSR count). The molecule has 1 aliphatic heterocycles. The van der Waals surface area contributed by atoms with Gasteiger partial charge in [-0.2, -0.15) is 5.10 Å². The van der Waals surface area contributed by atoms with Gasteiger partial charge in [0, 0.05) is 17.0 Å². The van der Waals surface area contributed by atoms with Gasteiger partial charge in [-0.15, -0.1) is 4.68 Å². The number of rotatable bonds is 4. The van der Waals surface area contributed by atoms with Crippen LogP contribution in [0.4, 0.5) is 4.79 Å². The highest BCUT2D eigenvalue weighted by atomic mass is 16.7. The standard InChI is InChI=1S/C17H24BN3O4/c1-6-7-8-23-15(22)21-14-12(10-20-21)9-13(11-19-14)18-24-16(2,3)17(4,5)25-18/h9-11H,6-8H2,1-5H3. The molecule has 0 aliphatic carbocycles. The van der Waals surface area contributed by atoms with Crippen molar-refractivity contribution in [2.45, 2.75) is 58.7 Å². The highest BCUT2D eigenvalue weighted by Gasteiger charge is 2.51. The van der Waals surface area contributed by atoms with E-state index >= 15 is 0 Å². The van der Waals surface area contributed by atoms with E-state index in [0.717, 1.165) is 23.7 Å². The topological polar surface area (TPSA) is 75.5 Å². The van der Waals surface area contributed by atoms with E-state index in [4.69, 9.17) is 14.0 Å². The lowest BCUT2D eigenvalue weighted by molar-refractivity contribution is 0.00578. The average Bonchev–Trinajstić information content (AvgIpc) is 3.05. The maximum atomic E-state index is 12.1. The summed E-state index contributed by atoms with van der Waals surface area (Å²) in [4.78, 5) is 16.5. The zero-order chi connectivity index (χ0) is 18.2. The Bertz CT molecular complexity index is 771. The SMILES string of the molecule is CCCCOC(=O)n1ncc2cc(B3OC(C)(C)C(C)(C)O3)cnc21. The maximum Gasteiger partial charge on any atom is 0.496 e. The number of hydrogen-bond donors (Lipinski definition) is 0. The first-order valence-corrected chi connectivity index (χ1v) is 8.61. The number of unbranched alkanes of at least 4 members (excludes halogenated alkanes) is 1. The van der Waals surface area contributed by atoms with Gasteiger partial charge in [-0.1, -0.05) is 13.3 Å². The molecule has 1 aliphatic rings. The van der Waals surface area contributed by atoms with Crippen LogP contribution in [0.2, 0.25) is 0 Å². The summed E-state index contributed by atoms with van der Waals surface area (Å²) in [6.07, 6.45) is 4.52. The fraction of sp³-hybridized carbons (Fsp3) is 0.588. The van der Waals surface area contributed by atoms with Crippen LogP contribution in [0.5, 0.6) is 0 Å². The highest BCUT2D eigenvalue weighted by Crippen LogP contribution is 2.36. The highest BCUT2D eigenvalue weighted by molar-refractivity contribution is 6.62. The van der Waals surface area contributed by atoms with Crippen LogP contribution in [0, 0.1) is 0 Å². The number of carbonyl (C=O) groups is 1. The molecule has 25 heavy (non-hydrogen) atoms. The molecule has 0 amide bonds. The molecule has 0 aromatic carbocycles. The van der Waals surface area contributed by atoms with Gasteiger partial charge in [0.05, 0.1) is 24.0 Å². The molecule has 134 valence electrons. The summed E-state index contributed by atoms with van der Waals surface area (Å²) < 4.78 is 18.4. The maximum absolute atomic E-state index is 12.1. The van der Waals surface area contributed by atoms with Crippen LogP contribution in [0.15, 0.2) is 18.5 Å². The average molecular weight is 345 g/mol. The van der Waals surface area contributed by atoms with E-state index in [-0.39, 0.29) is 0 Å². The minimum Gasteiger partial charge on any atom is -0.448 e. The van der Waals surface area contributed by atoms with Crippen molar-refractivity contribution in [2.24, 2.45) is 0 Å². The number of fused-ring (bicyclic) bond motifs is 1. The molecule has 1 fully saturated rings. The Morgan fingerprint density at radius 2 is 1.92 bits per heavy atom. The molecule has 0 bridgehead atoms. The molecule has 0 atom stereocenters. The largest absolute Gasteiger partial charge is 0.496 e. The quantitative estimate of drug-likeness (QED) is 0.626. The van der Waals surface area contributed by atoms with Gasteiger partial charge in [0.1, 0.15) is 0 Å². The van der Waals surface area contributed by atoms with Crippen LogP contribution in [0.3, 0.4) is 0 Å². The Hall–Kier alpha value is -1.93. The molecule has 0 spiro atoms. The zero-order valence-electron chi connectivity index (χ0n) is 15.4. The first-order chi connectivity index (χ1) is 11.7. The van der Waals surface area contributed by atoms with Gasteiger partial charge in [-0.3, -0.25) is 0 Å². The zero-order valence-corrected chi connectivity index (χ0v) is 15.4. The smallest absolute Gasteiger partial charge is 0.448 e. The van der Waals surface area contributed by atoms with Crippen molar-refractivity contribution in [1.82, 2.24) is 14.8 Å². The first kappa shape index (κ1) is 17.9. The van der Waals surface area contributed by atoms with Crippen LogP contribution < -0.4 is 5.46 Å². The van der Waals surface area contributed by atoms with Crippen LogP contribution >= 0.6 is 0 Å². The third kappa shape index (κ3) is 3.28. The van der Waals surface area contributed by atoms with Gasteiger partial charge in [0.25, 0.3) is 0 Å². The van der Waals surface area contributed by atoms with Crippen molar-refractivity contribution < 1.29 is 18.8 Å². The molecule has 0 radical (unpaired) electrons. The molecule has 1 saturated heterocycles. The summed E-state index contributed by atoms with van der Waals surface area (Å²) in [7, 11) is -0.498. The van der Waals surface area contributed by atoms with Crippen LogP contribution in [-0.4, -0.2) is 45.8 Å². The lowest BCUT2D eigenvalue weighted by Crippen LogP contribution is -2.41. The van der Waals surface area contributed by atoms with E-state index in [2.05, 4.69) is 10.1 Å². The summed E-state index contributed by atoms with van der Waals surface area (Å²) in [5.41, 5.74) is 0.423. The number of ether oxygens (including phenoxy) is 1. The Balaban J connectivity index is 1.82. The number of aromatic nitrogens is 3. The molecular weight excluding hydrogens is 321 g/mol. The van der Waals surface area contributed by atoms with Crippen LogP contribution in [0.1, 0.15) is 47.5 Å². The number of carbonyl (C=O) groups excluding carboxylic acids is 1. The molecule has 0 saturated carbocycles. The molecule has 0 N–H and O–H groups in total. The second kappa shape index (κ2) is 6.42. The molecule has 7 nitrogen and oxygen atoms in total. The van der Waals surface area contributed by atoms with Crippen LogP contribution in [0.25, 0.3) is 11.0 Å². The predicted molar refractivity (Wildman–Crippen MR) is 94.9 cm³/mol. The minimum absolute atomic E-state index is 0.378. The fourth-order valence-electron chi connectivity index (χ4n) is 2.54. The van der Waals surface area contributed by atoms with Gasteiger partial charge in [-0.25, -0.2) is 9.78 Å². The predicted octanol–water partition coefficient (Wildman–Crippen LogP) is 2.52. The third-order valence-corrected chi connectivity index (χ3v) is 4.85. The molecule has 0 unspecified atom stereocenters. The normalized spacial score (nSPS) is 18.7. The van der Waals surface area contributed by atoms with Crippen molar-refractivity contribution in [3.63, 3.8) is 0 Å². The lowest BCUT2D eigenvalue weighted by atomic mass is 9.80. The van der Waals surface area contributed by atoms with E-state index in [1.54, 1.807) is 12.4 Å². The van der Waals surface area contributed by atoms with Crippen molar-refractivity contribution in [1.29, 1.82) is 0 Å². The molecule has 3 heterocycles. The summed E-state index contributed by atoms with van der Waals surface area (Å²) in [5.74, 6) is 0. The van der Waals surface area contributed by atoms with Crippen molar-refractivity contribution >= 4 is 29.7 Å². The van der Waals surface area contributed by atoms with E-state index in [1.807, 2.05) is 40.7 Å². The number of pyridine rings is 1. The van der Waals surface area contributed by atoms with Gasteiger partial charge in [0.2, 0.25) is 0 Å². The van der Waals surface area contributed by atoms with Crippen molar-refractivity contribution in [2.75, 3.05) is 6.61 Å². The van der Waals surface area contributed by atoms with Gasteiger partial charge in [-0.05, 0) is 40.2 Å². The monoisotopic (exact) mass is 345 g/mol. The van der Waals surface area contributed by atoms with E-state index in [9.17, 15) is 4.79 Å². The summed E-state index contributed by atoms with van der Waals surface area (Å²) in [5, 5.41) is 4.83. The number of nitrogens with zero attached hydrogens (tertiary/aromatic N) is 3. The lowest BCUT2D eigenvalue weighted by Gasteiger charge is -2.32. The molecule has 2 aromatic rings. The van der Waals surface area contributed by atoms with Gasteiger partial charge < -0.3 is 14.0 Å². The molecule has 2 aromatic heterocycles. The Labute approximate surface area is 147 Å². The van der Waals surface area contributed by atoms with E-state index in [0.29, 0.717) is 12.3 Å². The third-order valence-electron chi connectivity index (χ3n) is 4.85. The summed E-state index contributed by atoms with van der Waals surface area (Å²) >= 11 is 0. The van der Waals surface area contributed by atoms with Crippen molar-refractivity contribution in [3.05, 3.63) is 18.5 Å². The van der Waals surface area contributed by atoms with Gasteiger partial charge >= 0.3 is 13.2 Å². The fourth-order valence-corrected chi connectivity index (χ4v) is 2.54. The number of hydrogen-bond acceptors (Lipinski definition) is 6. The Morgan fingerprint density at radius 1 is 1.24 bits per heavy atom. The summed E-state index contributed by atoms with van der Waals surface area (Å²) in [6.45, 7) is 10.4.